The van der Waals surface area contributed by atoms with Crippen molar-refractivity contribution >= 4 is 10.0 Å². The third-order valence-electron chi connectivity index (χ3n) is 3.37. The summed E-state index contributed by atoms with van der Waals surface area (Å²) in [6, 6.07) is 1.65. The number of aromatic amines is 1. The molecule has 0 unspecified atom stereocenters. The number of ether oxygens (including phenoxy) is 1. The van der Waals surface area contributed by atoms with E-state index in [9.17, 15) is 8.42 Å². The lowest BCUT2D eigenvalue weighted by atomic mass is 9.94. The lowest BCUT2D eigenvalue weighted by Crippen LogP contribution is -2.49. The van der Waals surface area contributed by atoms with Crippen molar-refractivity contribution in [2.24, 2.45) is 0 Å². The number of aromatic nitrogens is 1. The number of rotatable bonds is 5. The number of sulfonamides is 1. The second-order valence-electron chi connectivity index (χ2n) is 5.17. The highest BCUT2D eigenvalue weighted by Gasteiger charge is 2.32. The standard InChI is InChI=1S/C12H21N3O3S/c1-12(3-5-18-6-4-12)15-19(16,17)11-7-10(8-13-2)14-9-11/h7,9,13-15H,3-6,8H2,1-2H3. The second kappa shape index (κ2) is 5.62. The van der Waals surface area contributed by atoms with E-state index in [-0.39, 0.29) is 4.90 Å². The first-order chi connectivity index (χ1) is 8.95. The molecule has 6 nitrogen and oxygen atoms in total. The number of nitrogens with one attached hydrogen (secondary N) is 3. The van der Waals surface area contributed by atoms with Crippen molar-refractivity contribution in [1.29, 1.82) is 0 Å². The van der Waals surface area contributed by atoms with Crippen LogP contribution in [-0.2, 0) is 21.3 Å². The highest BCUT2D eigenvalue weighted by atomic mass is 32.2. The predicted octanol–water partition coefficient (Wildman–Crippen LogP) is 0.582. The third-order valence-corrected chi connectivity index (χ3v) is 4.99. The first kappa shape index (κ1) is 14.5. The van der Waals surface area contributed by atoms with Gasteiger partial charge in [-0.2, -0.15) is 0 Å². The van der Waals surface area contributed by atoms with Crippen LogP contribution in [0, 0.1) is 0 Å². The summed E-state index contributed by atoms with van der Waals surface area (Å²) < 4.78 is 32.7. The molecule has 1 fully saturated rings. The highest BCUT2D eigenvalue weighted by molar-refractivity contribution is 7.89. The van der Waals surface area contributed by atoms with Crippen molar-refractivity contribution < 1.29 is 13.2 Å². The molecule has 0 aliphatic carbocycles. The van der Waals surface area contributed by atoms with Crippen LogP contribution in [0.15, 0.2) is 17.2 Å². The maximum Gasteiger partial charge on any atom is 0.242 e. The first-order valence-electron chi connectivity index (χ1n) is 6.39. The van der Waals surface area contributed by atoms with Crippen molar-refractivity contribution in [3.63, 3.8) is 0 Å². The maximum atomic E-state index is 12.3. The molecular formula is C12H21N3O3S. The Labute approximate surface area is 114 Å². The molecule has 3 N–H and O–H groups in total. The van der Waals surface area contributed by atoms with Crippen LogP contribution in [0.5, 0.6) is 0 Å². The zero-order valence-corrected chi connectivity index (χ0v) is 12.1. The molecule has 0 amide bonds. The molecule has 19 heavy (non-hydrogen) atoms. The van der Waals surface area contributed by atoms with Crippen molar-refractivity contribution in [1.82, 2.24) is 15.0 Å². The van der Waals surface area contributed by atoms with Crippen LogP contribution in [0.1, 0.15) is 25.5 Å². The molecule has 0 saturated carbocycles. The molecule has 1 saturated heterocycles. The Hall–Kier alpha value is -0.890. The molecule has 2 heterocycles. The van der Waals surface area contributed by atoms with Gasteiger partial charge in [0.05, 0.1) is 4.90 Å². The molecule has 1 aliphatic heterocycles. The van der Waals surface area contributed by atoms with Crippen molar-refractivity contribution in [3.8, 4) is 0 Å². The molecule has 1 aromatic heterocycles. The number of hydrogen-bond donors (Lipinski definition) is 3. The summed E-state index contributed by atoms with van der Waals surface area (Å²) >= 11 is 0. The van der Waals surface area contributed by atoms with Gasteiger partial charge in [0.2, 0.25) is 10.0 Å². The van der Waals surface area contributed by atoms with Crippen LogP contribution >= 0.6 is 0 Å². The van der Waals surface area contributed by atoms with E-state index in [2.05, 4.69) is 15.0 Å². The molecule has 108 valence electrons. The van der Waals surface area contributed by atoms with Crippen LogP contribution < -0.4 is 10.0 Å². The maximum absolute atomic E-state index is 12.3. The van der Waals surface area contributed by atoms with Crippen LogP contribution in [0.3, 0.4) is 0 Å². The predicted molar refractivity (Wildman–Crippen MR) is 72.3 cm³/mol. The lowest BCUT2D eigenvalue weighted by Gasteiger charge is -2.33. The van der Waals surface area contributed by atoms with Gasteiger partial charge in [0.15, 0.2) is 0 Å². The van der Waals surface area contributed by atoms with E-state index in [0.717, 1.165) is 5.69 Å². The Morgan fingerprint density at radius 3 is 2.74 bits per heavy atom. The van der Waals surface area contributed by atoms with Gasteiger partial charge >= 0.3 is 0 Å². The van der Waals surface area contributed by atoms with Gasteiger partial charge in [0, 0.05) is 37.2 Å². The fraction of sp³-hybridized carbons (Fsp3) is 0.667. The summed E-state index contributed by atoms with van der Waals surface area (Å²) in [5.41, 5.74) is 0.428. The summed E-state index contributed by atoms with van der Waals surface area (Å²) in [6.45, 7) is 3.73. The summed E-state index contributed by atoms with van der Waals surface area (Å²) in [4.78, 5) is 3.24. The largest absolute Gasteiger partial charge is 0.381 e. The summed E-state index contributed by atoms with van der Waals surface area (Å²) in [5.74, 6) is 0. The van der Waals surface area contributed by atoms with Crippen LogP contribution in [0.4, 0.5) is 0 Å². The topological polar surface area (TPSA) is 83.2 Å². The molecule has 1 aliphatic rings. The molecule has 0 atom stereocenters. The van der Waals surface area contributed by atoms with Gasteiger partial charge in [-0.15, -0.1) is 0 Å². The average Bonchev–Trinajstić information content (AvgIpc) is 2.78. The van der Waals surface area contributed by atoms with Crippen molar-refractivity contribution in [2.45, 2.75) is 36.7 Å². The van der Waals surface area contributed by atoms with Gasteiger partial charge < -0.3 is 15.0 Å². The quantitative estimate of drug-likeness (QED) is 0.740. The smallest absolute Gasteiger partial charge is 0.242 e. The van der Waals surface area contributed by atoms with E-state index < -0.39 is 15.6 Å². The zero-order valence-electron chi connectivity index (χ0n) is 11.3. The zero-order chi connectivity index (χ0) is 13.9. The van der Waals surface area contributed by atoms with Crippen LogP contribution in [-0.4, -0.2) is 39.2 Å². The normalized spacial score (nSPS) is 19.5. The molecular weight excluding hydrogens is 266 g/mol. The van der Waals surface area contributed by atoms with Crippen molar-refractivity contribution in [2.75, 3.05) is 20.3 Å². The minimum absolute atomic E-state index is 0.283. The fourth-order valence-electron chi connectivity index (χ4n) is 2.17. The Kier molecular flexibility index (Phi) is 4.29. The first-order valence-corrected chi connectivity index (χ1v) is 7.87. The van der Waals surface area contributed by atoms with Gasteiger partial charge in [-0.25, -0.2) is 13.1 Å². The average molecular weight is 287 g/mol. The SMILES string of the molecule is CNCc1cc(S(=O)(=O)NC2(C)CCOCC2)c[nH]1. The molecule has 2 rings (SSSR count). The third kappa shape index (κ3) is 3.56. The molecule has 0 aromatic carbocycles. The second-order valence-corrected chi connectivity index (χ2v) is 6.85. The van der Waals surface area contributed by atoms with Gasteiger partial charge in [-0.05, 0) is 32.9 Å². The molecule has 0 bridgehead atoms. The van der Waals surface area contributed by atoms with E-state index in [1.807, 2.05) is 14.0 Å². The molecule has 7 heteroatoms. The van der Waals surface area contributed by atoms with Gasteiger partial charge in [0.1, 0.15) is 0 Å². The van der Waals surface area contributed by atoms with Crippen molar-refractivity contribution in [3.05, 3.63) is 18.0 Å². The van der Waals surface area contributed by atoms with E-state index >= 15 is 0 Å². The lowest BCUT2D eigenvalue weighted by molar-refractivity contribution is 0.0537. The van der Waals surface area contributed by atoms with Gasteiger partial charge in [-0.1, -0.05) is 0 Å². The number of H-pyrrole nitrogens is 1. The minimum atomic E-state index is -3.48. The molecule has 0 radical (unpaired) electrons. The monoisotopic (exact) mass is 287 g/mol. The van der Waals surface area contributed by atoms with Crippen LogP contribution in [0.25, 0.3) is 0 Å². The van der Waals surface area contributed by atoms with E-state index in [4.69, 9.17) is 4.74 Å². The van der Waals surface area contributed by atoms with Gasteiger partial charge in [0.25, 0.3) is 0 Å². The minimum Gasteiger partial charge on any atom is -0.381 e. The number of hydrogen-bond acceptors (Lipinski definition) is 4. The Balaban J connectivity index is 2.12. The summed E-state index contributed by atoms with van der Waals surface area (Å²) in [5, 5.41) is 2.97. The Morgan fingerprint density at radius 2 is 2.11 bits per heavy atom. The summed E-state index contributed by atoms with van der Waals surface area (Å²) in [7, 11) is -1.66. The highest BCUT2D eigenvalue weighted by Crippen LogP contribution is 2.23. The van der Waals surface area contributed by atoms with Gasteiger partial charge in [-0.3, -0.25) is 0 Å². The van der Waals surface area contributed by atoms with E-state index in [0.29, 0.717) is 32.6 Å². The van der Waals surface area contributed by atoms with E-state index in [1.54, 1.807) is 6.07 Å². The Morgan fingerprint density at radius 1 is 1.42 bits per heavy atom. The molecule has 1 aromatic rings. The summed E-state index contributed by atoms with van der Waals surface area (Å²) in [6.07, 6.45) is 2.91. The van der Waals surface area contributed by atoms with Crippen LogP contribution in [0.2, 0.25) is 0 Å². The Bertz CT molecular complexity index is 518. The fourth-order valence-corrected chi connectivity index (χ4v) is 3.66. The van der Waals surface area contributed by atoms with E-state index in [1.165, 1.54) is 6.20 Å². The molecule has 0 spiro atoms.